The highest BCUT2D eigenvalue weighted by Gasteiger charge is 2.30. The molecule has 15 heteroatoms. The molecular formula is C33H42N10O5. The van der Waals surface area contributed by atoms with E-state index < -0.39 is 17.7 Å². The topological polar surface area (TPSA) is 168 Å². The van der Waals surface area contributed by atoms with Gasteiger partial charge in [0.15, 0.2) is 0 Å². The molecule has 0 radical (unpaired) electrons. The molecule has 5 N–H and O–H groups in total. The molecule has 4 aromatic heterocycles. The maximum Gasteiger partial charge on any atom is 0.272 e. The van der Waals surface area contributed by atoms with Gasteiger partial charge < -0.3 is 49.8 Å². The van der Waals surface area contributed by atoms with Crippen LogP contribution in [0.5, 0.6) is 0 Å². The molecule has 1 aliphatic rings. The Kier molecular flexibility index (Phi) is 9.89. The molecule has 5 amide bonds. The predicted octanol–water partition coefficient (Wildman–Crippen LogP) is 2.83. The van der Waals surface area contributed by atoms with Gasteiger partial charge in [0.2, 0.25) is 5.91 Å². The van der Waals surface area contributed by atoms with Gasteiger partial charge in [-0.2, -0.15) is 0 Å². The molecule has 0 atom stereocenters. The van der Waals surface area contributed by atoms with Crippen LogP contribution in [-0.4, -0.2) is 79.9 Å². The molecule has 254 valence electrons. The molecular weight excluding hydrogens is 616 g/mol. The lowest BCUT2D eigenvalue weighted by Gasteiger charge is -2.10. The van der Waals surface area contributed by atoms with E-state index in [2.05, 4.69) is 26.6 Å². The number of rotatable bonds is 13. The van der Waals surface area contributed by atoms with Crippen LogP contribution in [0.1, 0.15) is 61.2 Å². The van der Waals surface area contributed by atoms with Crippen LogP contribution >= 0.6 is 0 Å². The molecule has 0 aliphatic heterocycles. The third-order valence-electron chi connectivity index (χ3n) is 8.01. The maximum absolute atomic E-state index is 13.2. The van der Waals surface area contributed by atoms with Crippen LogP contribution in [0, 0.1) is 5.92 Å². The van der Waals surface area contributed by atoms with Gasteiger partial charge in [0.05, 0.1) is 22.7 Å². The summed E-state index contributed by atoms with van der Waals surface area (Å²) in [5.41, 5.74) is 3.15. The van der Waals surface area contributed by atoms with Crippen LogP contribution < -0.4 is 26.6 Å². The Hall–Kier alpha value is -5.57. The van der Waals surface area contributed by atoms with E-state index >= 15 is 0 Å². The Labute approximate surface area is 278 Å². The highest BCUT2D eigenvalue weighted by atomic mass is 16.2. The molecule has 1 saturated carbocycles. The molecule has 0 spiro atoms. The Bertz CT molecular complexity index is 1870. The minimum atomic E-state index is -0.441. The zero-order valence-corrected chi connectivity index (χ0v) is 28.0. The van der Waals surface area contributed by atoms with Crippen molar-refractivity contribution in [1.29, 1.82) is 0 Å². The van der Waals surface area contributed by atoms with Crippen molar-refractivity contribution in [2.75, 3.05) is 48.5 Å². The summed E-state index contributed by atoms with van der Waals surface area (Å²) in [6, 6.07) is 6.32. The summed E-state index contributed by atoms with van der Waals surface area (Å²) < 4.78 is 6.44. The summed E-state index contributed by atoms with van der Waals surface area (Å²) in [5.74, 6) is -1.48. The van der Waals surface area contributed by atoms with Crippen LogP contribution in [-0.2, 0) is 33.0 Å². The summed E-state index contributed by atoms with van der Waals surface area (Å²) in [6.45, 7) is 1.40. The van der Waals surface area contributed by atoms with Gasteiger partial charge in [-0.05, 0) is 64.2 Å². The monoisotopic (exact) mass is 658 g/mol. The lowest BCUT2D eigenvalue weighted by atomic mass is 10.3. The molecule has 1 fully saturated rings. The van der Waals surface area contributed by atoms with E-state index in [1.165, 1.54) is 0 Å². The Morgan fingerprint density at radius 2 is 0.958 bits per heavy atom. The lowest BCUT2D eigenvalue weighted by molar-refractivity contribution is -0.117. The molecule has 1 aliphatic carbocycles. The van der Waals surface area contributed by atoms with Gasteiger partial charge in [0.25, 0.3) is 23.6 Å². The number of carbonyl (C=O) groups is 5. The molecule has 4 aromatic rings. The summed E-state index contributed by atoms with van der Waals surface area (Å²) in [5, 5.41) is 14.2. The molecule has 0 aromatic carbocycles. The van der Waals surface area contributed by atoms with Crippen LogP contribution in [0.15, 0.2) is 49.1 Å². The van der Waals surface area contributed by atoms with Crippen LogP contribution in [0.4, 0.5) is 22.7 Å². The first-order valence-corrected chi connectivity index (χ1v) is 15.6. The zero-order valence-electron chi connectivity index (χ0n) is 28.0. The fourth-order valence-corrected chi connectivity index (χ4v) is 5.30. The molecule has 15 nitrogen and oxygen atoms in total. The molecule has 48 heavy (non-hydrogen) atoms. The van der Waals surface area contributed by atoms with Crippen molar-refractivity contribution in [3.8, 4) is 0 Å². The van der Waals surface area contributed by atoms with Crippen molar-refractivity contribution < 1.29 is 24.0 Å². The zero-order chi connectivity index (χ0) is 34.7. The second-order valence-corrected chi connectivity index (χ2v) is 12.4. The lowest BCUT2D eigenvalue weighted by Crippen LogP contribution is -2.28. The Morgan fingerprint density at radius 1 is 0.604 bits per heavy atom. The first kappa shape index (κ1) is 33.8. The average molecular weight is 659 g/mol. The number of aromatic nitrogens is 4. The Balaban J connectivity index is 1.17. The predicted molar refractivity (Wildman–Crippen MR) is 182 cm³/mol. The summed E-state index contributed by atoms with van der Waals surface area (Å²) in [6.07, 6.45) is 9.15. The highest BCUT2D eigenvalue weighted by molar-refractivity contribution is 6.09. The van der Waals surface area contributed by atoms with Crippen molar-refractivity contribution in [3.05, 3.63) is 71.8 Å². The second-order valence-electron chi connectivity index (χ2n) is 12.4. The normalized spacial score (nSPS) is 12.6. The largest absolute Gasteiger partial charge is 0.351 e. The van der Waals surface area contributed by atoms with E-state index in [4.69, 9.17) is 0 Å². The van der Waals surface area contributed by atoms with Gasteiger partial charge >= 0.3 is 0 Å². The van der Waals surface area contributed by atoms with Gasteiger partial charge in [0.1, 0.15) is 22.8 Å². The van der Waals surface area contributed by atoms with Gasteiger partial charge in [-0.1, -0.05) is 0 Å². The number of hydrogen-bond donors (Lipinski definition) is 5. The van der Waals surface area contributed by atoms with Crippen LogP contribution in [0.25, 0.3) is 0 Å². The number of aryl methyl sites for hydroxylation is 4. The smallest absolute Gasteiger partial charge is 0.272 e. The molecule has 4 heterocycles. The number of nitrogens with one attached hydrogen (secondary N) is 5. The number of hydrogen-bond acceptors (Lipinski definition) is 6. The molecule has 0 saturated heterocycles. The van der Waals surface area contributed by atoms with E-state index in [-0.39, 0.29) is 23.4 Å². The van der Waals surface area contributed by atoms with Crippen molar-refractivity contribution in [3.63, 3.8) is 0 Å². The van der Waals surface area contributed by atoms with E-state index in [0.717, 1.165) is 25.8 Å². The first-order valence-electron chi connectivity index (χ1n) is 15.6. The Morgan fingerprint density at radius 3 is 1.31 bits per heavy atom. The summed E-state index contributed by atoms with van der Waals surface area (Å²) in [4.78, 5) is 66.1. The highest BCUT2D eigenvalue weighted by Crippen LogP contribution is 2.30. The number of anilines is 4. The van der Waals surface area contributed by atoms with Gasteiger partial charge in [-0.15, -0.1) is 0 Å². The minimum Gasteiger partial charge on any atom is -0.351 e. The van der Waals surface area contributed by atoms with E-state index in [1.807, 2.05) is 19.0 Å². The summed E-state index contributed by atoms with van der Waals surface area (Å²) >= 11 is 0. The third kappa shape index (κ3) is 8.04. The van der Waals surface area contributed by atoms with Crippen LogP contribution in [0.3, 0.4) is 0 Å². The molecule has 0 bridgehead atoms. The number of nitrogens with zero attached hydrogens (tertiary/aromatic N) is 5. The SMILES string of the molecule is CN(C)CCCNC(=O)c1cc(NC(=O)c2cc(NC(=O)c3cc(NC(=O)c4cc(NC(=O)C5CC5)cn4C)cn3C)cn2C)cn1C. The number of carbonyl (C=O) groups excluding carboxylic acids is 5. The fourth-order valence-electron chi connectivity index (χ4n) is 5.30. The average Bonchev–Trinajstić information content (AvgIpc) is 3.38. The molecule has 0 unspecified atom stereocenters. The van der Waals surface area contributed by atoms with Gasteiger partial charge in [-0.3, -0.25) is 24.0 Å². The van der Waals surface area contributed by atoms with E-state index in [9.17, 15) is 24.0 Å². The van der Waals surface area contributed by atoms with Crippen LogP contribution in [0.2, 0.25) is 0 Å². The van der Waals surface area contributed by atoms with E-state index in [1.54, 1.807) is 95.5 Å². The maximum atomic E-state index is 13.2. The van der Waals surface area contributed by atoms with Gasteiger partial charge in [0, 0.05) is 65.4 Å². The molecule has 5 rings (SSSR count). The summed E-state index contributed by atoms with van der Waals surface area (Å²) in [7, 11) is 10.8. The van der Waals surface area contributed by atoms with Crippen molar-refractivity contribution >= 4 is 52.3 Å². The second kappa shape index (κ2) is 14.0. The van der Waals surface area contributed by atoms with Crippen molar-refractivity contribution in [2.45, 2.75) is 19.3 Å². The standard InChI is InChI=1S/C33H42N10O5/c1-39(2)11-7-10-34-30(45)25-12-22(17-40(25)3)36-32(47)27-14-24(19-42(27)5)38-33(48)28-15-23(18-43(28)6)37-31(46)26-13-21(16-41(26)4)35-29(44)20-8-9-20/h12-20H,7-11H2,1-6H3,(H,34,45)(H,35,44)(H,36,47)(H,37,46)(H,38,48). The van der Waals surface area contributed by atoms with Gasteiger partial charge in [-0.25, -0.2) is 0 Å². The first-order chi connectivity index (χ1) is 22.8. The quantitative estimate of drug-likeness (QED) is 0.139. The fraction of sp³-hybridized carbons (Fsp3) is 0.364. The third-order valence-corrected chi connectivity index (χ3v) is 8.01. The minimum absolute atomic E-state index is 0.0442. The van der Waals surface area contributed by atoms with Crippen molar-refractivity contribution in [2.24, 2.45) is 34.1 Å². The van der Waals surface area contributed by atoms with E-state index in [0.29, 0.717) is 46.4 Å². The number of amides is 5. The van der Waals surface area contributed by atoms with Crippen molar-refractivity contribution in [1.82, 2.24) is 28.5 Å².